The molecule has 1 unspecified atom stereocenters. The summed E-state index contributed by atoms with van der Waals surface area (Å²) in [7, 11) is 0. The first-order chi connectivity index (χ1) is 11.9. The van der Waals surface area contributed by atoms with Crippen molar-refractivity contribution in [2.75, 3.05) is 5.32 Å². The summed E-state index contributed by atoms with van der Waals surface area (Å²) < 4.78 is 3.20. The van der Waals surface area contributed by atoms with Crippen molar-refractivity contribution in [3.8, 4) is 0 Å². The lowest BCUT2D eigenvalue weighted by Crippen LogP contribution is -2.25. The van der Waals surface area contributed by atoms with Crippen LogP contribution in [0.3, 0.4) is 0 Å². The molecule has 9 heteroatoms. The number of anilines is 1. The van der Waals surface area contributed by atoms with Crippen LogP contribution in [0.5, 0.6) is 0 Å². The number of amides is 1. The summed E-state index contributed by atoms with van der Waals surface area (Å²) in [6.07, 6.45) is 3.07. The Morgan fingerprint density at radius 2 is 2.00 bits per heavy atom. The average Bonchev–Trinajstić information content (AvgIpc) is 3.16. The Morgan fingerprint density at radius 3 is 2.64 bits per heavy atom. The van der Waals surface area contributed by atoms with E-state index in [1.807, 2.05) is 24.3 Å². The highest BCUT2D eigenvalue weighted by Gasteiger charge is 2.20. The summed E-state index contributed by atoms with van der Waals surface area (Å²) in [5.74, 6) is -0.0335. The highest BCUT2D eigenvalue weighted by Crippen LogP contribution is 2.18. The molecule has 0 saturated heterocycles. The Morgan fingerprint density at radius 1 is 1.28 bits per heavy atom. The van der Waals surface area contributed by atoms with Crippen molar-refractivity contribution >= 4 is 35.1 Å². The SMILES string of the molecule is Cc1c(Cl)cnn1C(C)C(=O)Nc1ncn(Cc2ccc(Cl)cc2)n1. The zero-order valence-corrected chi connectivity index (χ0v) is 15.2. The average molecular weight is 379 g/mol. The predicted molar refractivity (Wildman–Crippen MR) is 95.9 cm³/mol. The van der Waals surface area contributed by atoms with Gasteiger partial charge in [-0.05, 0) is 31.5 Å². The van der Waals surface area contributed by atoms with Crippen LogP contribution in [0.25, 0.3) is 0 Å². The number of rotatable bonds is 5. The monoisotopic (exact) mass is 378 g/mol. The fraction of sp³-hybridized carbons (Fsp3) is 0.250. The Balaban J connectivity index is 1.65. The summed E-state index contributed by atoms with van der Waals surface area (Å²) >= 11 is 11.8. The molecule has 130 valence electrons. The van der Waals surface area contributed by atoms with Gasteiger partial charge in [-0.25, -0.2) is 9.67 Å². The molecule has 0 saturated carbocycles. The van der Waals surface area contributed by atoms with Crippen LogP contribution >= 0.6 is 23.2 Å². The number of nitrogens with zero attached hydrogens (tertiary/aromatic N) is 5. The lowest BCUT2D eigenvalue weighted by atomic mass is 10.2. The van der Waals surface area contributed by atoms with Crippen LogP contribution in [0.2, 0.25) is 10.0 Å². The molecular formula is C16H16Cl2N6O. The molecule has 0 spiro atoms. The summed E-state index contributed by atoms with van der Waals surface area (Å²) in [5, 5.41) is 12.3. The zero-order valence-electron chi connectivity index (χ0n) is 13.6. The predicted octanol–water partition coefficient (Wildman–Crippen LogP) is 3.34. The van der Waals surface area contributed by atoms with Crippen molar-refractivity contribution in [2.45, 2.75) is 26.4 Å². The van der Waals surface area contributed by atoms with Gasteiger partial charge in [0.15, 0.2) is 0 Å². The Hall–Kier alpha value is -2.38. The molecule has 0 aliphatic heterocycles. The van der Waals surface area contributed by atoms with E-state index in [4.69, 9.17) is 23.2 Å². The Bertz CT molecular complexity index is 886. The first kappa shape index (κ1) is 17.4. The molecule has 0 bridgehead atoms. The molecule has 0 aliphatic carbocycles. The van der Waals surface area contributed by atoms with Gasteiger partial charge in [0.1, 0.15) is 12.4 Å². The van der Waals surface area contributed by atoms with Gasteiger partial charge >= 0.3 is 0 Å². The van der Waals surface area contributed by atoms with Crippen molar-refractivity contribution in [1.29, 1.82) is 0 Å². The van der Waals surface area contributed by atoms with Gasteiger partial charge in [0.25, 0.3) is 5.91 Å². The number of aromatic nitrogens is 5. The summed E-state index contributed by atoms with van der Waals surface area (Å²) in [6, 6.07) is 6.92. The van der Waals surface area contributed by atoms with E-state index in [1.54, 1.807) is 29.5 Å². The van der Waals surface area contributed by atoms with E-state index in [1.165, 1.54) is 6.20 Å². The minimum Gasteiger partial charge on any atom is -0.291 e. The summed E-state index contributed by atoms with van der Waals surface area (Å²) in [5.41, 5.74) is 1.76. The van der Waals surface area contributed by atoms with Crippen LogP contribution < -0.4 is 5.32 Å². The maximum absolute atomic E-state index is 12.4. The van der Waals surface area contributed by atoms with Crippen molar-refractivity contribution < 1.29 is 4.79 Å². The van der Waals surface area contributed by atoms with E-state index in [9.17, 15) is 4.79 Å². The number of halogens is 2. The lowest BCUT2D eigenvalue weighted by Gasteiger charge is -2.12. The Kier molecular flexibility index (Phi) is 5.06. The van der Waals surface area contributed by atoms with Crippen LogP contribution in [-0.4, -0.2) is 30.5 Å². The van der Waals surface area contributed by atoms with Gasteiger partial charge < -0.3 is 0 Å². The van der Waals surface area contributed by atoms with Gasteiger partial charge in [0.2, 0.25) is 5.95 Å². The first-order valence-corrected chi connectivity index (χ1v) is 8.34. The first-order valence-electron chi connectivity index (χ1n) is 7.58. The topological polar surface area (TPSA) is 77.6 Å². The number of carbonyl (C=O) groups excluding carboxylic acids is 1. The molecule has 3 rings (SSSR count). The third-order valence-corrected chi connectivity index (χ3v) is 4.38. The molecule has 0 aliphatic rings. The van der Waals surface area contributed by atoms with E-state index in [0.717, 1.165) is 11.3 Å². The van der Waals surface area contributed by atoms with Gasteiger partial charge in [-0.15, -0.1) is 5.10 Å². The molecule has 0 fully saturated rings. The standard InChI is InChI=1S/C16H16Cl2N6O/c1-10-14(18)7-20-24(10)11(2)15(25)21-16-19-9-23(22-16)8-12-3-5-13(17)6-4-12/h3-7,9,11H,8H2,1-2H3,(H,21,22,25). The molecule has 2 heterocycles. The molecule has 3 aromatic rings. The summed E-state index contributed by atoms with van der Waals surface area (Å²) in [6.45, 7) is 4.07. The number of benzene rings is 1. The Labute approximate surface area is 154 Å². The zero-order chi connectivity index (χ0) is 18.0. The van der Waals surface area contributed by atoms with E-state index < -0.39 is 6.04 Å². The highest BCUT2D eigenvalue weighted by molar-refractivity contribution is 6.31. The lowest BCUT2D eigenvalue weighted by molar-refractivity contribution is -0.119. The molecule has 1 aromatic carbocycles. The fourth-order valence-electron chi connectivity index (χ4n) is 2.32. The second-order valence-electron chi connectivity index (χ2n) is 5.58. The largest absolute Gasteiger partial charge is 0.291 e. The molecule has 2 aromatic heterocycles. The van der Waals surface area contributed by atoms with Crippen LogP contribution in [-0.2, 0) is 11.3 Å². The molecule has 25 heavy (non-hydrogen) atoms. The van der Waals surface area contributed by atoms with E-state index >= 15 is 0 Å². The molecular weight excluding hydrogens is 363 g/mol. The van der Waals surface area contributed by atoms with Gasteiger partial charge in [-0.3, -0.25) is 14.8 Å². The third kappa shape index (κ3) is 4.00. The quantitative estimate of drug-likeness (QED) is 0.738. The second kappa shape index (κ2) is 7.25. The number of hydrogen-bond acceptors (Lipinski definition) is 4. The third-order valence-electron chi connectivity index (χ3n) is 3.76. The van der Waals surface area contributed by atoms with Crippen molar-refractivity contribution in [2.24, 2.45) is 0 Å². The maximum Gasteiger partial charge on any atom is 0.251 e. The van der Waals surface area contributed by atoms with Crippen LogP contribution in [0, 0.1) is 6.92 Å². The molecule has 7 nitrogen and oxygen atoms in total. The van der Waals surface area contributed by atoms with Crippen LogP contribution in [0.4, 0.5) is 5.95 Å². The van der Waals surface area contributed by atoms with Gasteiger partial charge in [0.05, 0.1) is 23.5 Å². The van der Waals surface area contributed by atoms with E-state index in [2.05, 4.69) is 20.5 Å². The minimum absolute atomic E-state index is 0.238. The van der Waals surface area contributed by atoms with Crippen molar-refractivity contribution in [3.05, 3.63) is 58.1 Å². The van der Waals surface area contributed by atoms with Gasteiger partial charge in [0, 0.05) is 5.02 Å². The minimum atomic E-state index is -0.532. The van der Waals surface area contributed by atoms with Crippen LogP contribution in [0.1, 0.15) is 24.2 Å². The number of hydrogen-bond donors (Lipinski definition) is 1. The molecule has 1 atom stereocenters. The van der Waals surface area contributed by atoms with E-state index in [-0.39, 0.29) is 11.9 Å². The molecule has 1 N–H and O–H groups in total. The van der Waals surface area contributed by atoms with Gasteiger partial charge in [-0.2, -0.15) is 5.10 Å². The second-order valence-corrected chi connectivity index (χ2v) is 6.42. The smallest absolute Gasteiger partial charge is 0.251 e. The number of carbonyl (C=O) groups is 1. The van der Waals surface area contributed by atoms with E-state index in [0.29, 0.717) is 16.6 Å². The normalized spacial score (nSPS) is 12.2. The van der Waals surface area contributed by atoms with Crippen molar-refractivity contribution in [1.82, 2.24) is 24.5 Å². The molecule has 1 amide bonds. The van der Waals surface area contributed by atoms with Crippen LogP contribution in [0.15, 0.2) is 36.8 Å². The fourth-order valence-corrected chi connectivity index (χ4v) is 2.58. The van der Waals surface area contributed by atoms with Gasteiger partial charge in [-0.1, -0.05) is 35.3 Å². The summed E-state index contributed by atoms with van der Waals surface area (Å²) in [4.78, 5) is 16.5. The highest BCUT2D eigenvalue weighted by atomic mass is 35.5. The van der Waals surface area contributed by atoms with Crippen molar-refractivity contribution in [3.63, 3.8) is 0 Å². The maximum atomic E-state index is 12.4. The molecule has 0 radical (unpaired) electrons. The number of nitrogens with one attached hydrogen (secondary N) is 1.